The van der Waals surface area contributed by atoms with E-state index < -0.39 is 5.41 Å². The molecule has 5 heteroatoms. The van der Waals surface area contributed by atoms with Gasteiger partial charge in [-0.2, -0.15) is 0 Å². The van der Waals surface area contributed by atoms with Crippen molar-refractivity contribution in [3.8, 4) is 0 Å². The molecule has 2 saturated carbocycles. The number of carbonyl (C=O) groups excluding carboxylic acids is 1. The van der Waals surface area contributed by atoms with Gasteiger partial charge in [0.1, 0.15) is 0 Å². The topological polar surface area (TPSA) is 82.5 Å². The summed E-state index contributed by atoms with van der Waals surface area (Å²) in [6, 6.07) is 9.80. The summed E-state index contributed by atoms with van der Waals surface area (Å²) in [7, 11) is 0. The normalized spacial score (nSPS) is 25.8. The molecule has 0 radical (unpaired) electrons. The number of benzene rings is 1. The molecule has 2 aliphatic carbocycles. The summed E-state index contributed by atoms with van der Waals surface area (Å²) < 4.78 is 0. The van der Waals surface area contributed by atoms with Crippen molar-refractivity contribution in [3.05, 3.63) is 42.1 Å². The molecule has 1 amide bonds. The number of carbonyl (C=O) groups is 1. The van der Waals surface area contributed by atoms with Gasteiger partial charge in [0.15, 0.2) is 0 Å². The summed E-state index contributed by atoms with van der Waals surface area (Å²) in [5.74, 6) is 0.131. The van der Waals surface area contributed by atoms with Crippen LogP contribution in [0, 0.1) is 11.3 Å². The third-order valence-corrected chi connectivity index (χ3v) is 5.52. The zero-order chi connectivity index (χ0) is 16.7. The molecule has 0 spiro atoms. The van der Waals surface area contributed by atoms with Crippen molar-refractivity contribution in [1.29, 1.82) is 0 Å². The maximum absolute atomic E-state index is 12.6. The Balaban J connectivity index is 1.62. The number of hydrogen-bond donors (Lipinski definition) is 3. The molecule has 5 nitrogen and oxygen atoms in total. The predicted molar refractivity (Wildman–Crippen MR) is 90.1 cm³/mol. The molecule has 3 N–H and O–H groups in total. The van der Waals surface area contributed by atoms with E-state index in [0.717, 1.165) is 29.3 Å². The Morgan fingerprint density at radius 2 is 2.08 bits per heavy atom. The second-order valence-corrected chi connectivity index (χ2v) is 7.24. The minimum Gasteiger partial charge on any atom is -0.395 e. The molecule has 1 atom stereocenters. The minimum absolute atomic E-state index is 0.0791. The molecule has 4 rings (SSSR count). The highest BCUT2D eigenvalue weighted by atomic mass is 16.3. The van der Waals surface area contributed by atoms with Crippen molar-refractivity contribution in [3.63, 3.8) is 0 Å². The molecule has 2 aromatic rings. The quantitative estimate of drug-likeness (QED) is 0.784. The highest BCUT2D eigenvalue weighted by Crippen LogP contribution is 2.47. The van der Waals surface area contributed by atoms with Crippen LogP contribution in [0.1, 0.15) is 37.3 Å². The zero-order valence-electron chi connectivity index (χ0n) is 13.5. The van der Waals surface area contributed by atoms with Crippen LogP contribution in [0.15, 0.2) is 36.5 Å². The maximum atomic E-state index is 12.6. The average Bonchev–Trinajstić information content (AvgIpc) is 3.38. The molecule has 0 unspecified atom stereocenters. The number of aliphatic hydroxyl groups excluding tert-OH is 2. The predicted octanol–water partition coefficient (Wildman–Crippen LogP) is 1.94. The van der Waals surface area contributed by atoms with Crippen molar-refractivity contribution < 1.29 is 15.0 Å². The van der Waals surface area contributed by atoms with E-state index in [1.54, 1.807) is 0 Å². The third-order valence-electron chi connectivity index (χ3n) is 5.52. The van der Waals surface area contributed by atoms with Gasteiger partial charge in [-0.3, -0.25) is 9.78 Å². The second-order valence-electron chi connectivity index (χ2n) is 7.24. The second kappa shape index (κ2) is 5.83. The van der Waals surface area contributed by atoms with Gasteiger partial charge in [0.25, 0.3) is 0 Å². The van der Waals surface area contributed by atoms with Gasteiger partial charge in [0, 0.05) is 11.6 Å². The first-order chi connectivity index (χ1) is 11.6. The van der Waals surface area contributed by atoms with E-state index in [0.29, 0.717) is 12.8 Å². The van der Waals surface area contributed by atoms with Crippen LogP contribution in [0.4, 0.5) is 0 Å². The van der Waals surface area contributed by atoms with Crippen LogP contribution >= 0.6 is 0 Å². The summed E-state index contributed by atoms with van der Waals surface area (Å²) >= 11 is 0. The number of fused-ring (bicyclic) bond motifs is 1. The van der Waals surface area contributed by atoms with Gasteiger partial charge < -0.3 is 15.5 Å². The number of aromatic nitrogens is 1. The highest BCUT2D eigenvalue weighted by molar-refractivity contribution is 5.86. The summed E-state index contributed by atoms with van der Waals surface area (Å²) in [6.07, 6.45) is 4.39. The standard InChI is InChI=1S/C19H22N2O3/c22-11-19(5-6-19)18(24)21-17(13-8-15(23)9-13)14-7-12-3-1-2-4-16(12)20-10-14/h1-4,7,10,13,15,17,22-23H,5-6,8-9,11H2,(H,21,24)/t13?,15?,17-/m1/s1. The molecular formula is C19H22N2O3. The number of para-hydroxylation sites is 1. The number of nitrogens with zero attached hydrogens (tertiary/aromatic N) is 1. The molecule has 0 aliphatic heterocycles. The molecule has 0 bridgehead atoms. The van der Waals surface area contributed by atoms with Crippen molar-refractivity contribution in [2.24, 2.45) is 11.3 Å². The van der Waals surface area contributed by atoms with Crippen molar-refractivity contribution in [1.82, 2.24) is 10.3 Å². The molecule has 2 aliphatic rings. The number of amides is 1. The van der Waals surface area contributed by atoms with Crippen molar-refractivity contribution in [2.45, 2.75) is 37.8 Å². The van der Waals surface area contributed by atoms with Gasteiger partial charge in [0.2, 0.25) is 5.91 Å². The minimum atomic E-state index is -0.592. The molecule has 1 aromatic carbocycles. The Morgan fingerprint density at radius 3 is 2.75 bits per heavy atom. The molecule has 0 saturated heterocycles. The van der Waals surface area contributed by atoms with Crippen LogP contribution in [-0.4, -0.2) is 33.8 Å². The van der Waals surface area contributed by atoms with Gasteiger partial charge in [-0.25, -0.2) is 0 Å². The Morgan fingerprint density at radius 1 is 1.33 bits per heavy atom. The number of nitrogens with one attached hydrogen (secondary N) is 1. The zero-order valence-corrected chi connectivity index (χ0v) is 13.5. The van der Waals surface area contributed by atoms with E-state index in [1.165, 1.54) is 0 Å². The molecule has 1 aromatic heterocycles. The largest absolute Gasteiger partial charge is 0.395 e. The van der Waals surface area contributed by atoms with Crippen LogP contribution in [0.25, 0.3) is 10.9 Å². The van der Waals surface area contributed by atoms with Gasteiger partial charge >= 0.3 is 0 Å². The number of pyridine rings is 1. The Kier molecular flexibility index (Phi) is 3.77. The Labute approximate surface area is 140 Å². The van der Waals surface area contributed by atoms with Crippen LogP contribution in [0.2, 0.25) is 0 Å². The fourth-order valence-corrected chi connectivity index (χ4v) is 3.54. The molecule has 2 fully saturated rings. The molecule has 24 heavy (non-hydrogen) atoms. The monoisotopic (exact) mass is 326 g/mol. The van der Waals surface area contributed by atoms with E-state index in [4.69, 9.17) is 0 Å². The molecule has 126 valence electrons. The lowest BCUT2D eigenvalue weighted by molar-refractivity contribution is -0.129. The first-order valence-corrected chi connectivity index (χ1v) is 8.56. The Bertz CT molecular complexity index is 766. The number of rotatable bonds is 5. The van der Waals surface area contributed by atoms with Crippen LogP contribution < -0.4 is 5.32 Å². The van der Waals surface area contributed by atoms with Gasteiger partial charge in [-0.15, -0.1) is 0 Å². The summed E-state index contributed by atoms with van der Waals surface area (Å²) in [5.41, 5.74) is 1.30. The lowest BCUT2D eigenvalue weighted by atomic mass is 9.75. The molecular weight excluding hydrogens is 304 g/mol. The van der Waals surface area contributed by atoms with E-state index in [-0.39, 0.29) is 30.6 Å². The molecule has 1 heterocycles. The van der Waals surface area contributed by atoms with Crippen molar-refractivity contribution >= 4 is 16.8 Å². The fourth-order valence-electron chi connectivity index (χ4n) is 3.54. The summed E-state index contributed by atoms with van der Waals surface area (Å²) in [4.78, 5) is 17.1. The summed E-state index contributed by atoms with van der Waals surface area (Å²) in [5, 5.41) is 23.3. The van der Waals surface area contributed by atoms with E-state index >= 15 is 0 Å². The third kappa shape index (κ3) is 2.68. The van der Waals surface area contributed by atoms with Gasteiger partial charge in [-0.05, 0) is 49.3 Å². The van der Waals surface area contributed by atoms with E-state index in [2.05, 4.69) is 16.4 Å². The number of hydrogen-bond acceptors (Lipinski definition) is 4. The lowest BCUT2D eigenvalue weighted by Crippen LogP contribution is -2.44. The first kappa shape index (κ1) is 15.5. The van der Waals surface area contributed by atoms with Crippen molar-refractivity contribution in [2.75, 3.05) is 6.61 Å². The SMILES string of the molecule is O=C(N[C@@H](c1cnc2ccccc2c1)C1CC(O)C1)C1(CO)CC1. The first-order valence-electron chi connectivity index (χ1n) is 8.56. The van der Waals surface area contributed by atoms with Gasteiger partial charge in [0.05, 0.1) is 29.7 Å². The van der Waals surface area contributed by atoms with Crippen LogP contribution in [-0.2, 0) is 4.79 Å². The van der Waals surface area contributed by atoms with E-state index in [1.807, 2.05) is 30.5 Å². The highest BCUT2D eigenvalue weighted by Gasteiger charge is 2.50. The van der Waals surface area contributed by atoms with Crippen LogP contribution in [0.5, 0.6) is 0 Å². The van der Waals surface area contributed by atoms with Crippen LogP contribution in [0.3, 0.4) is 0 Å². The van der Waals surface area contributed by atoms with E-state index in [9.17, 15) is 15.0 Å². The lowest BCUT2D eigenvalue weighted by Gasteiger charge is -2.38. The smallest absolute Gasteiger partial charge is 0.229 e. The average molecular weight is 326 g/mol. The van der Waals surface area contributed by atoms with Gasteiger partial charge in [-0.1, -0.05) is 18.2 Å². The number of aliphatic hydroxyl groups is 2. The Hall–Kier alpha value is -1.98. The summed E-state index contributed by atoms with van der Waals surface area (Å²) in [6.45, 7) is -0.102. The maximum Gasteiger partial charge on any atom is 0.229 e. The fraction of sp³-hybridized carbons (Fsp3) is 0.474.